The predicted molar refractivity (Wildman–Crippen MR) is 35.0 cm³/mol. The molecule has 0 bridgehead atoms. The number of ether oxygens (including phenoxy) is 1. The van der Waals surface area contributed by atoms with Crippen LogP contribution in [0.15, 0.2) is 0 Å². The minimum Gasteiger partial charge on any atom is -0.380 e. The Labute approximate surface area is 51.7 Å². The summed E-state index contributed by atoms with van der Waals surface area (Å²) in [7, 11) is 0. The summed E-state index contributed by atoms with van der Waals surface area (Å²) < 4.78 is 5.15. The summed E-state index contributed by atoms with van der Waals surface area (Å²) in [4.78, 5) is 0. The monoisotopic (exact) mass is 117 g/mol. The van der Waals surface area contributed by atoms with E-state index in [1.807, 2.05) is 0 Å². The molecule has 1 saturated heterocycles. The first-order chi connectivity index (χ1) is 3.93. The Kier molecular flexibility index (Phi) is 2.30. The molecule has 1 rings (SSSR count). The zero-order valence-electron chi connectivity index (χ0n) is 5.31. The summed E-state index contributed by atoms with van der Waals surface area (Å²) in [5, 5.41) is 3.32. The van der Waals surface area contributed by atoms with Crippen LogP contribution in [0, 0.1) is 0 Å². The third-order valence-corrected chi connectivity index (χ3v) is 1.42. The molecular weight excluding hydrogens is 102 g/mol. The fraction of sp³-hybridized carbons (Fsp3) is 1.00. The molecule has 0 saturated carbocycles. The number of rotatable bonds is 2. The zero-order chi connectivity index (χ0) is 5.82. The molecule has 0 aromatic heterocycles. The van der Waals surface area contributed by atoms with E-state index in [1.165, 1.54) is 6.42 Å². The smallest absolute Gasteiger partial charge is 0.0620 e. The molecule has 0 unspecified atom stereocenters. The van der Waals surface area contributed by atoms with Gasteiger partial charge in [-0.2, -0.15) is 0 Å². The molecule has 0 spiro atoms. The normalized spacial score (nSPS) is 28.9. The molecule has 1 aliphatic rings. The van der Waals surface area contributed by atoms with E-state index < -0.39 is 0 Å². The van der Waals surface area contributed by atoms with Gasteiger partial charge in [0.25, 0.3) is 0 Å². The zero-order valence-corrected chi connectivity index (χ0v) is 5.31. The van der Waals surface area contributed by atoms with Gasteiger partial charge in [-0.15, -0.1) is 0 Å². The van der Waals surface area contributed by atoms with Crippen LogP contribution in [-0.4, -0.2) is 25.8 Å². The molecule has 0 aromatic rings. The third kappa shape index (κ3) is 1.46. The summed E-state index contributed by atoms with van der Waals surface area (Å²) in [6, 6.07) is 0.639. The van der Waals surface area contributed by atoms with E-state index in [9.17, 15) is 0 Å². The molecule has 0 radical (unpaired) electrons. The average Bonchev–Trinajstić information content (AvgIpc) is 2.19. The number of nitrogens with one attached hydrogen (secondary N) is 1. The van der Waals surface area contributed by atoms with Crippen molar-refractivity contribution in [2.75, 3.05) is 19.8 Å². The lowest BCUT2D eigenvalue weighted by Crippen LogP contribution is -2.28. The largest absolute Gasteiger partial charge is 0.380 e. The fourth-order valence-corrected chi connectivity index (χ4v) is 0.984. The van der Waals surface area contributed by atoms with Crippen LogP contribution in [0.4, 0.5) is 0 Å². The van der Waals surface area contributed by atoms with E-state index in [0.29, 0.717) is 6.04 Å². The van der Waals surface area contributed by atoms with Gasteiger partial charge in [0, 0.05) is 14.1 Å². The highest BCUT2D eigenvalue weighted by atomic mass is 16.5. The SMILES string of the molecule is CCN[C@H]1CCOC1.[HH]. The van der Waals surface area contributed by atoms with Crippen molar-refractivity contribution in [3.8, 4) is 0 Å². The Morgan fingerprint density at radius 3 is 3.25 bits per heavy atom. The van der Waals surface area contributed by atoms with Gasteiger partial charge in [0.1, 0.15) is 0 Å². The van der Waals surface area contributed by atoms with Gasteiger partial charge in [0.2, 0.25) is 0 Å². The van der Waals surface area contributed by atoms with Crippen LogP contribution in [0.5, 0.6) is 0 Å². The first kappa shape index (κ1) is 6.05. The molecule has 1 aliphatic heterocycles. The van der Waals surface area contributed by atoms with Crippen LogP contribution in [0.3, 0.4) is 0 Å². The molecule has 1 fully saturated rings. The molecule has 2 nitrogen and oxygen atoms in total. The molecule has 8 heavy (non-hydrogen) atoms. The topological polar surface area (TPSA) is 21.3 Å². The molecule has 0 aromatic carbocycles. The van der Waals surface area contributed by atoms with Crippen molar-refractivity contribution < 1.29 is 6.16 Å². The Morgan fingerprint density at radius 2 is 2.75 bits per heavy atom. The summed E-state index contributed by atoms with van der Waals surface area (Å²) >= 11 is 0. The van der Waals surface area contributed by atoms with Crippen LogP contribution in [0.25, 0.3) is 0 Å². The second kappa shape index (κ2) is 3.05. The van der Waals surface area contributed by atoms with E-state index >= 15 is 0 Å². The van der Waals surface area contributed by atoms with Gasteiger partial charge in [-0.1, -0.05) is 6.92 Å². The van der Waals surface area contributed by atoms with Crippen LogP contribution < -0.4 is 5.32 Å². The molecule has 0 amide bonds. The number of hydrogen-bond acceptors (Lipinski definition) is 2. The highest BCUT2D eigenvalue weighted by Gasteiger charge is 2.12. The molecule has 0 aliphatic carbocycles. The Bertz CT molecular complexity index is 64.1. The van der Waals surface area contributed by atoms with Gasteiger partial charge < -0.3 is 10.1 Å². The van der Waals surface area contributed by atoms with Crippen molar-refractivity contribution >= 4 is 0 Å². The van der Waals surface area contributed by atoms with Crippen molar-refractivity contribution in [2.45, 2.75) is 19.4 Å². The predicted octanol–water partition coefficient (Wildman–Crippen LogP) is 0.631. The number of hydrogen-bond donors (Lipinski definition) is 1. The van der Waals surface area contributed by atoms with E-state index in [0.717, 1.165) is 19.8 Å². The Balaban J connectivity index is 0.000000640. The third-order valence-electron chi connectivity index (χ3n) is 1.42. The minimum absolute atomic E-state index is 0. The van der Waals surface area contributed by atoms with Crippen LogP contribution in [0.1, 0.15) is 14.8 Å². The van der Waals surface area contributed by atoms with Crippen molar-refractivity contribution in [1.29, 1.82) is 0 Å². The van der Waals surface area contributed by atoms with Crippen LogP contribution in [-0.2, 0) is 4.74 Å². The summed E-state index contributed by atoms with van der Waals surface area (Å²) in [5.41, 5.74) is 0. The van der Waals surface area contributed by atoms with Crippen molar-refractivity contribution in [3.05, 3.63) is 0 Å². The molecule has 2 heteroatoms. The van der Waals surface area contributed by atoms with Crippen LogP contribution >= 0.6 is 0 Å². The first-order valence-corrected chi connectivity index (χ1v) is 3.24. The highest BCUT2D eigenvalue weighted by molar-refractivity contribution is 4.69. The van der Waals surface area contributed by atoms with Crippen LogP contribution in [0.2, 0.25) is 0 Å². The quantitative estimate of drug-likeness (QED) is 0.573. The average molecular weight is 117 g/mol. The standard InChI is InChI=1S/C6H13NO.H2/c1-2-7-6-3-4-8-5-6;/h6-7H,2-5H2,1H3;1H/t6-;/m0./s1. The maximum Gasteiger partial charge on any atom is 0.0620 e. The van der Waals surface area contributed by atoms with Gasteiger partial charge in [-0.25, -0.2) is 0 Å². The fourth-order valence-electron chi connectivity index (χ4n) is 0.984. The van der Waals surface area contributed by atoms with E-state index in [4.69, 9.17) is 4.74 Å². The molecular formula is C6H15NO. The molecule has 1 heterocycles. The van der Waals surface area contributed by atoms with E-state index in [1.54, 1.807) is 0 Å². The van der Waals surface area contributed by atoms with Gasteiger partial charge in [0.15, 0.2) is 0 Å². The van der Waals surface area contributed by atoms with Crippen molar-refractivity contribution in [2.24, 2.45) is 0 Å². The summed E-state index contributed by atoms with van der Waals surface area (Å²) in [5.74, 6) is 0. The summed E-state index contributed by atoms with van der Waals surface area (Å²) in [6.07, 6.45) is 1.19. The lowest BCUT2D eigenvalue weighted by atomic mass is 10.3. The van der Waals surface area contributed by atoms with Gasteiger partial charge in [-0.3, -0.25) is 0 Å². The van der Waals surface area contributed by atoms with Crippen molar-refractivity contribution in [3.63, 3.8) is 0 Å². The minimum atomic E-state index is 0. The lowest BCUT2D eigenvalue weighted by Gasteiger charge is -2.05. The number of likely N-dealkylation sites (N-methyl/N-ethyl adjacent to an activating group) is 1. The molecule has 1 N–H and O–H groups in total. The highest BCUT2D eigenvalue weighted by Crippen LogP contribution is 2.01. The van der Waals surface area contributed by atoms with Gasteiger partial charge in [0.05, 0.1) is 6.61 Å². The Morgan fingerprint density at radius 1 is 1.88 bits per heavy atom. The maximum absolute atomic E-state index is 5.15. The van der Waals surface area contributed by atoms with Crippen molar-refractivity contribution in [1.82, 2.24) is 5.32 Å². The van der Waals surface area contributed by atoms with E-state index in [-0.39, 0.29) is 1.43 Å². The van der Waals surface area contributed by atoms with E-state index in [2.05, 4.69) is 12.2 Å². The van der Waals surface area contributed by atoms with Gasteiger partial charge >= 0.3 is 0 Å². The van der Waals surface area contributed by atoms with Gasteiger partial charge in [-0.05, 0) is 13.0 Å². The molecule has 1 atom stereocenters. The first-order valence-electron chi connectivity index (χ1n) is 3.24. The maximum atomic E-state index is 5.15. The summed E-state index contributed by atoms with van der Waals surface area (Å²) in [6.45, 7) is 5.04. The second-order valence-corrected chi connectivity index (χ2v) is 2.12. The Hall–Kier alpha value is -0.0800. The lowest BCUT2D eigenvalue weighted by molar-refractivity contribution is 0.190. The second-order valence-electron chi connectivity index (χ2n) is 2.12. The molecule has 50 valence electrons.